The highest BCUT2D eigenvalue weighted by Gasteiger charge is 2.47. The van der Waals surface area contributed by atoms with Crippen molar-refractivity contribution >= 4 is 34.0 Å². The minimum absolute atomic E-state index is 0.00437. The predicted molar refractivity (Wildman–Crippen MR) is 214 cm³/mol. The summed E-state index contributed by atoms with van der Waals surface area (Å²) in [6.45, 7) is 8.56. The Morgan fingerprint density at radius 1 is 1.00 bits per heavy atom. The summed E-state index contributed by atoms with van der Waals surface area (Å²) in [5.74, 6) is -2.64. The first-order chi connectivity index (χ1) is 26.1. The summed E-state index contributed by atoms with van der Waals surface area (Å²) in [7, 11) is 0. The third-order valence-electron chi connectivity index (χ3n) is 11.6. The lowest BCUT2D eigenvalue weighted by atomic mass is 9.66. The van der Waals surface area contributed by atoms with Crippen LogP contribution in [0.15, 0.2) is 48.7 Å². The third kappa shape index (κ3) is 10.4. The Balaban J connectivity index is 1.81. The van der Waals surface area contributed by atoms with Crippen molar-refractivity contribution in [3.63, 3.8) is 0 Å². The number of benzene rings is 2. The average Bonchev–Trinajstić information content (AvgIpc) is 3.18. The lowest BCUT2D eigenvalue weighted by molar-refractivity contribution is -0.125. The van der Waals surface area contributed by atoms with E-state index in [-0.39, 0.29) is 84.4 Å². The number of carbonyl (C=O) groups excluding carboxylic acids is 4. The largest absolute Gasteiger partial charge is 0.454 e. The molecule has 1 fully saturated rings. The van der Waals surface area contributed by atoms with Gasteiger partial charge in [-0.3, -0.25) is 24.2 Å². The van der Waals surface area contributed by atoms with Gasteiger partial charge in [0.05, 0.1) is 35.4 Å². The molecule has 55 heavy (non-hydrogen) atoms. The highest BCUT2D eigenvalue weighted by atomic mass is 16.5. The van der Waals surface area contributed by atoms with Crippen molar-refractivity contribution in [1.82, 2.24) is 10.3 Å². The highest BCUT2D eigenvalue weighted by Crippen LogP contribution is 2.42. The molecule has 2 aromatic carbocycles. The highest BCUT2D eigenvalue weighted by molar-refractivity contribution is 6.10. The number of rotatable bonds is 20. The Morgan fingerprint density at radius 3 is 2.31 bits per heavy atom. The molecule has 0 saturated heterocycles. The van der Waals surface area contributed by atoms with Crippen LogP contribution in [-0.2, 0) is 16.1 Å². The first-order valence-corrected chi connectivity index (χ1v) is 19.8. The van der Waals surface area contributed by atoms with E-state index in [1.165, 1.54) is 13.1 Å². The van der Waals surface area contributed by atoms with Crippen LogP contribution in [-0.4, -0.2) is 68.8 Å². The number of nitrogens with zero attached hydrogens (tertiary/aromatic N) is 1. The van der Waals surface area contributed by atoms with Crippen LogP contribution in [0, 0.1) is 23.7 Å². The molecule has 3 unspecified atom stereocenters. The molecular weight excluding hydrogens is 699 g/mol. The van der Waals surface area contributed by atoms with Gasteiger partial charge in [-0.15, -0.1) is 0 Å². The third-order valence-corrected chi connectivity index (χ3v) is 11.6. The lowest BCUT2D eigenvalue weighted by Crippen LogP contribution is -2.57. The number of pyridine rings is 1. The SMILES string of the molecule is CC[C@H](C)[C@H](N)C(=O)NCc1ncc(C(=O)C(CC(O)(C(N)CC(=O)[C@@H](N)CCO)C2CCCCC2)C(C)C)c(C(C)=O)c1Oc1cccc2ccccc12. The Hall–Kier alpha value is -4.07. The van der Waals surface area contributed by atoms with Gasteiger partial charge in [0.15, 0.2) is 23.1 Å². The number of nitrogens with one attached hydrogen (secondary N) is 1. The van der Waals surface area contributed by atoms with E-state index in [1.807, 2.05) is 64.1 Å². The molecule has 6 atom stereocenters. The van der Waals surface area contributed by atoms with Crippen molar-refractivity contribution < 1.29 is 34.1 Å². The number of fused-ring (bicyclic) bond motifs is 1. The molecule has 0 aliphatic heterocycles. The minimum Gasteiger partial charge on any atom is -0.454 e. The first-order valence-electron chi connectivity index (χ1n) is 19.8. The second-order valence-electron chi connectivity index (χ2n) is 15.7. The molecule has 1 saturated carbocycles. The second kappa shape index (κ2) is 19.7. The maximum Gasteiger partial charge on any atom is 0.237 e. The van der Waals surface area contributed by atoms with Gasteiger partial charge in [-0.2, -0.15) is 0 Å². The number of ketones is 3. The molecule has 4 rings (SSSR count). The molecule has 9 N–H and O–H groups in total. The molecule has 300 valence electrons. The number of hydrogen-bond donors (Lipinski definition) is 6. The zero-order valence-corrected chi connectivity index (χ0v) is 33.1. The van der Waals surface area contributed by atoms with Gasteiger partial charge < -0.3 is 37.5 Å². The predicted octanol–water partition coefficient (Wildman–Crippen LogP) is 5.37. The van der Waals surface area contributed by atoms with Gasteiger partial charge in [0.25, 0.3) is 0 Å². The Morgan fingerprint density at radius 2 is 1.67 bits per heavy atom. The van der Waals surface area contributed by atoms with Gasteiger partial charge >= 0.3 is 0 Å². The van der Waals surface area contributed by atoms with Gasteiger partial charge in [-0.1, -0.05) is 89.8 Å². The molecule has 1 amide bonds. The van der Waals surface area contributed by atoms with Crippen molar-refractivity contribution in [2.45, 2.75) is 123 Å². The van der Waals surface area contributed by atoms with Gasteiger partial charge in [0.1, 0.15) is 11.4 Å². The summed E-state index contributed by atoms with van der Waals surface area (Å²) >= 11 is 0. The normalized spacial score (nSPS) is 17.5. The Kier molecular flexibility index (Phi) is 15.6. The van der Waals surface area contributed by atoms with Crippen molar-refractivity contribution in [1.29, 1.82) is 0 Å². The maximum atomic E-state index is 14.9. The Labute approximate surface area is 325 Å². The van der Waals surface area contributed by atoms with Gasteiger partial charge in [-0.05, 0) is 61.8 Å². The molecule has 1 heterocycles. The van der Waals surface area contributed by atoms with E-state index in [9.17, 15) is 29.4 Å². The molecule has 1 aliphatic rings. The zero-order valence-electron chi connectivity index (χ0n) is 33.1. The maximum absolute atomic E-state index is 14.9. The summed E-state index contributed by atoms with van der Waals surface area (Å²) in [4.78, 5) is 59.4. The standard InChI is InChI=1S/C43H61N5O7/c1-6-26(4)39(46)42(53)48-24-34-41(55-36-18-12-14-28-13-10-11-17-30(28)36)38(27(5)50)32(23-47-34)40(52)31(25(2)3)22-43(54,29-15-8-7-9-16-29)37(45)21-35(51)33(44)19-20-49/h10-14,17-18,23,25-26,29,31,33,37,39,49,54H,6-9,15-16,19-22,24,44-46H2,1-5H3,(H,48,53)/t26-,31?,33-,37?,39-,43?/m0/s1. The van der Waals surface area contributed by atoms with Crippen LogP contribution in [0.1, 0.15) is 119 Å². The molecule has 0 spiro atoms. The van der Waals surface area contributed by atoms with Crippen LogP contribution in [0.4, 0.5) is 0 Å². The van der Waals surface area contributed by atoms with Gasteiger partial charge in [0, 0.05) is 36.6 Å². The van der Waals surface area contributed by atoms with E-state index in [2.05, 4.69) is 10.3 Å². The fourth-order valence-electron chi connectivity index (χ4n) is 7.75. The van der Waals surface area contributed by atoms with Gasteiger partial charge in [0.2, 0.25) is 5.91 Å². The monoisotopic (exact) mass is 759 g/mol. The van der Waals surface area contributed by atoms with E-state index in [1.54, 1.807) is 6.07 Å². The molecular formula is C43H61N5O7. The summed E-state index contributed by atoms with van der Waals surface area (Å²) in [6, 6.07) is 10.4. The second-order valence-corrected chi connectivity index (χ2v) is 15.7. The van der Waals surface area contributed by atoms with E-state index in [4.69, 9.17) is 21.9 Å². The number of ether oxygens (including phenoxy) is 1. The number of aromatic nitrogens is 1. The number of aliphatic hydroxyl groups excluding tert-OH is 1. The minimum atomic E-state index is -1.61. The summed E-state index contributed by atoms with van der Waals surface area (Å²) in [5, 5.41) is 26.5. The van der Waals surface area contributed by atoms with Crippen molar-refractivity contribution in [2.24, 2.45) is 40.9 Å². The summed E-state index contributed by atoms with van der Waals surface area (Å²) < 4.78 is 6.57. The average molecular weight is 760 g/mol. The Bertz CT molecular complexity index is 1800. The fraction of sp³-hybridized carbons (Fsp3) is 0.558. The van der Waals surface area contributed by atoms with Crippen molar-refractivity contribution in [3.05, 3.63) is 65.5 Å². The fourth-order valence-corrected chi connectivity index (χ4v) is 7.75. The molecule has 3 aromatic rings. The molecule has 12 heteroatoms. The number of Topliss-reactive ketones (excluding diaryl/α,β-unsaturated/α-hetero) is 3. The van der Waals surface area contributed by atoms with Crippen LogP contribution in [0.25, 0.3) is 10.8 Å². The topological polar surface area (TPSA) is 221 Å². The van der Waals surface area contributed by atoms with Crippen LogP contribution in [0.5, 0.6) is 11.5 Å². The first kappa shape index (κ1) is 43.7. The molecule has 12 nitrogen and oxygen atoms in total. The number of amides is 1. The number of aliphatic hydroxyl groups is 2. The number of hydrogen-bond acceptors (Lipinski definition) is 11. The van der Waals surface area contributed by atoms with Crippen LogP contribution >= 0.6 is 0 Å². The van der Waals surface area contributed by atoms with Crippen molar-refractivity contribution in [2.75, 3.05) is 6.61 Å². The number of nitrogens with two attached hydrogens (primary N) is 3. The van der Waals surface area contributed by atoms with Crippen LogP contribution < -0.4 is 27.3 Å². The smallest absolute Gasteiger partial charge is 0.237 e. The van der Waals surface area contributed by atoms with E-state index >= 15 is 0 Å². The molecule has 0 bridgehead atoms. The zero-order chi connectivity index (χ0) is 40.4. The van der Waals surface area contributed by atoms with Gasteiger partial charge in [-0.25, -0.2) is 0 Å². The lowest BCUT2D eigenvalue weighted by Gasteiger charge is -2.45. The van der Waals surface area contributed by atoms with Crippen LogP contribution in [0.2, 0.25) is 0 Å². The number of carbonyl (C=O) groups is 4. The molecule has 0 radical (unpaired) electrons. The van der Waals surface area contributed by atoms with Crippen molar-refractivity contribution in [3.8, 4) is 11.5 Å². The molecule has 1 aromatic heterocycles. The summed E-state index contributed by atoms with van der Waals surface area (Å²) in [5.41, 5.74) is 17.6. The van der Waals surface area contributed by atoms with Crippen LogP contribution in [0.3, 0.4) is 0 Å². The van der Waals surface area contributed by atoms with E-state index < -0.39 is 41.2 Å². The molecule has 1 aliphatic carbocycles. The quantitative estimate of drug-likeness (QED) is 0.0804. The van der Waals surface area contributed by atoms with E-state index in [0.29, 0.717) is 25.0 Å². The van der Waals surface area contributed by atoms with E-state index in [0.717, 1.165) is 30.0 Å². The summed E-state index contributed by atoms with van der Waals surface area (Å²) in [6.07, 6.45) is 6.01.